The molecule has 1 aliphatic rings. The van der Waals surface area contributed by atoms with Crippen molar-refractivity contribution >= 4 is 0 Å². The van der Waals surface area contributed by atoms with Crippen molar-refractivity contribution in [1.82, 2.24) is 0 Å². The van der Waals surface area contributed by atoms with Gasteiger partial charge in [-0.15, -0.1) is 0 Å². The van der Waals surface area contributed by atoms with Crippen molar-refractivity contribution in [2.45, 2.75) is 52.2 Å². The molecule has 1 heterocycles. The molecule has 2 unspecified atom stereocenters. The van der Waals surface area contributed by atoms with Crippen LogP contribution in [0.25, 0.3) is 0 Å². The molecule has 0 saturated heterocycles. The lowest BCUT2D eigenvalue weighted by molar-refractivity contribution is -0.0144. The van der Waals surface area contributed by atoms with E-state index in [0.29, 0.717) is 12.3 Å². The molecule has 2 nitrogen and oxygen atoms in total. The molecule has 2 atom stereocenters. The Morgan fingerprint density at radius 3 is 2.82 bits per heavy atom. The monoisotopic (exact) mass is 234 g/mol. The first kappa shape index (κ1) is 12.4. The Bertz CT molecular complexity index is 411. The standard InChI is InChI=1S/C15H22O2/c1-10(2)8-15(4)9-13(16)12-7-11(3)5-6-14(12)17-15/h5-7,10,13,16H,8-9H2,1-4H3. The van der Waals surface area contributed by atoms with E-state index in [1.807, 2.05) is 25.1 Å². The fraction of sp³-hybridized carbons (Fsp3) is 0.600. The fourth-order valence-corrected chi connectivity index (χ4v) is 2.84. The summed E-state index contributed by atoms with van der Waals surface area (Å²) in [5.41, 5.74) is 1.86. The van der Waals surface area contributed by atoms with Crippen LogP contribution in [-0.4, -0.2) is 10.7 Å². The quantitative estimate of drug-likeness (QED) is 0.847. The summed E-state index contributed by atoms with van der Waals surface area (Å²) in [5, 5.41) is 10.3. The van der Waals surface area contributed by atoms with E-state index in [1.165, 1.54) is 5.56 Å². The number of aryl methyl sites for hydroxylation is 1. The van der Waals surface area contributed by atoms with Crippen LogP contribution in [0.2, 0.25) is 0 Å². The average Bonchev–Trinajstić information content (AvgIpc) is 2.17. The number of ether oxygens (including phenoxy) is 1. The lowest BCUT2D eigenvalue weighted by Crippen LogP contribution is -2.39. The molecule has 0 aromatic heterocycles. The van der Waals surface area contributed by atoms with Crippen LogP contribution >= 0.6 is 0 Å². The molecule has 0 bridgehead atoms. The van der Waals surface area contributed by atoms with Crippen molar-refractivity contribution < 1.29 is 9.84 Å². The van der Waals surface area contributed by atoms with Gasteiger partial charge in [-0.25, -0.2) is 0 Å². The molecule has 0 amide bonds. The molecular formula is C15H22O2. The summed E-state index contributed by atoms with van der Waals surface area (Å²) in [4.78, 5) is 0. The highest BCUT2D eigenvalue weighted by Crippen LogP contribution is 2.42. The van der Waals surface area contributed by atoms with Gasteiger partial charge >= 0.3 is 0 Å². The second-order valence-electron chi connectivity index (χ2n) is 5.91. The van der Waals surface area contributed by atoms with E-state index in [0.717, 1.165) is 17.7 Å². The van der Waals surface area contributed by atoms with Crippen LogP contribution in [0.15, 0.2) is 18.2 Å². The zero-order chi connectivity index (χ0) is 12.6. The molecule has 2 heteroatoms. The highest BCUT2D eigenvalue weighted by Gasteiger charge is 2.36. The van der Waals surface area contributed by atoms with Gasteiger partial charge in [0.2, 0.25) is 0 Å². The number of hydrogen-bond donors (Lipinski definition) is 1. The predicted molar refractivity (Wildman–Crippen MR) is 69.2 cm³/mol. The van der Waals surface area contributed by atoms with Crippen LogP contribution in [0.1, 0.15) is 50.8 Å². The summed E-state index contributed by atoms with van der Waals surface area (Å²) >= 11 is 0. The summed E-state index contributed by atoms with van der Waals surface area (Å²) in [5.74, 6) is 1.41. The van der Waals surface area contributed by atoms with E-state index in [4.69, 9.17) is 4.74 Å². The van der Waals surface area contributed by atoms with Gasteiger partial charge in [0, 0.05) is 12.0 Å². The summed E-state index contributed by atoms with van der Waals surface area (Å²) in [7, 11) is 0. The third kappa shape index (κ3) is 2.63. The molecule has 94 valence electrons. The van der Waals surface area contributed by atoms with Crippen LogP contribution in [0.3, 0.4) is 0 Å². The maximum Gasteiger partial charge on any atom is 0.125 e. The van der Waals surface area contributed by atoms with E-state index in [-0.39, 0.29) is 5.60 Å². The molecule has 1 aromatic carbocycles. The molecule has 1 N–H and O–H groups in total. The Morgan fingerprint density at radius 2 is 2.18 bits per heavy atom. The van der Waals surface area contributed by atoms with Crippen molar-refractivity contribution in [1.29, 1.82) is 0 Å². The smallest absolute Gasteiger partial charge is 0.125 e. The number of benzene rings is 1. The molecule has 0 spiro atoms. The number of rotatable bonds is 2. The third-order valence-electron chi connectivity index (χ3n) is 3.35. The highest BCUT2D eigenvalue weighted by atomic mass is 16.5. The first-order valence-corrected chi connectivity index (χ1v) is 6.37. The van der Waals surface area contributed by atoms with Crippen LogP contribution in [-0.2, 0) is 0 Å². The van der Waals surface area contributed by atoms with Gasteiger partial charge < -0.3 is 9.84 Å². The first-order chi connectivity index (χ1) is 7.89. The Morgan fingerprint density at radius 1 is 1.47 bits per heavy atom. The van der Waals surface area contributed by atoms with Gasteiger partial charge in [-0.05, 0) is 38.3 Å². The van der Waals surface area contributed by atoms with E-state index in [2.05, 4.69) is 20.8 Å². The highest BCUT2D eigenvalue weighted by molar-refractivity contribution is 5.40. The summed E-state index contributed by atoms with van der Waals surface area (Å²) in [6.07, 6.45) is 1.25. The second-order valence-corrected chi connectivity index (χ2v) is 5.91. The topological polar surface area (TPSA) is 29.5 Å². The normalized spacial score (nSPS) is 27.8. The third-order valence-corrected chi connectivity index (χ3v) is 3.35. The van der Waals surface area contributed by atoms with Gasteiger partial charge in [0.25, 0.3) is 0 Å². The van der Waals surface area contributed by atoms with Gasteiger partial charge in [0.15, 0.2) is 0 Å². The molecule has 2 rings (SSSR count). The Labute approximate surface area is 104 Å². The molecule has 1 aliphatic heterocycles. The van der Waals surface area contributed by atoms with E-state index < -0.39 is 6.10 Å². The number of aliphatic hydroxyl groups excluding tert-OH is 1. The predicted octanol–water partition coefficient (Wildman–Crippen LogP) is 3.62. The molecule has 1 aromatic rings. The minimum absolute atomic E-state index is 0.240. The number of fused-ring (bicyclic) bond motifs is 1. The van der Waals surface area contributed by atoms with Gasteiger partial charge in [-0.2, -0.15) is 0 Å². The summed E-state index contributed by atoms with van der Waals surface area (Å²) in [6, 6.07) is 6.03. The largest absolute Gasteiger partial charge is 0.487 e. The fourth-order valence-electron chi connectivity index (χ4n) is 2.84. The SMILES string of the molecule is Cc1ccc2c(c1)C(O)CC(C)(CC(C)C)O2. The Kier molecular flexibility index (Phi) is 3.17. The number of hydrogen-bond acceptors (Lipinski definition) is 2. The number of aliphatic hydroxyl groups is 1. The van der Waals surface area contributed by atoms with Gasteiger partial charge in [-0.1, -0.05) is 25.5 Å². The van der Waals surface area contributed by atoms with Crippen LogP contribution in [0.5, 0.6) is 5.75 Å². The maximum absolute atomic E-state index is 10.3. The second kappa shape index (κ2) is 4.34. The molecule has 0 radical (unpaired) electrons. The minimum Gasteiger partial charge on any atom is -0.487 e. The zero-order valence-corrected chi connectivity index (χ0v) is 11.2. The molecular weight excluding hydrogens is 212 g/mol. The van der Waals surface area contributed by atoms with E-state index >= 15 is 0 Å². The van der Waals surface area contributed by atoms with Crippen molar-refractivity contribution in [2.75, 3.05) is 0 Å². The summed E-state index contributed by atoms with van der Waals surface area (Å²) < 4.78 is 6.10. The lowest BCUT2D eigenvalue weighted by atomic mass is 9.84. The lowest BCUT2D eigenvalue weighted by Gasteiger charge is -2.39. The van der Waals surface area contributed by atoms with Gasteiger partial charge in [0.05, 0.1) is 6.10 Å². The first-order valence-electron chi connectivity index (χ1n) is 6.37. The van der Waals surface area contributed by atoms with Crippen LogP contribution in [0, 0.1) is 12.8 Å². The van der Waals surface area contributed by atoms with E-state index in [9.17, 15) is 5.11 Å². The maximum atomic E-state index is 10.3. The molecule has 0 fully saturated rings. The van der Waals surface area contributed by atoms with Crippen molar-refractivity contribution in [3.05, 3.63) is 29.3 Å². The summed E-state index contributed by atoms with van der Waals surface area (Å²) in [6.45, 7) is 8.51. The van der Waals surface area contributed by atoms with E-state index in [1.54, 1.807) is 0 Å². The van der Waals surface area contributed by atoms with Crippen molar-refractivity contribution in [3.8, 4) is 5.75 Å². The van der Waals surface area contributed by atoms with Crippen LogP contribution in [0.4, 0.5) is 0 Å². The van der Waals surface area contributed by atoms with Gasteiger partial charge in [0.1, 0.15) is 11.4 Å². The van der Waals surface area contributed by atoms with Crippen LogP contribution < -0.4 is 4.74 Å². The Balaban J connectivity index is 2.30. The molecule has 0 aliphatic carbocycles. The molecule has 17 heavy (non-hydrogen) atoms. The Hall–Kier alpha value is -1.02. The zero-order valence-electron chi connectivity index (χ0n) is 11.2. The van der Waals surface area contributed by atoms with Crippen molar-refractivity contribution in [3.63, 3.8) is 0 Å². The minimum atomic E-state index is -0.401. The van der Waals surface area contributed by atoms with Crippen molar-refractivity contribution in [2.24, 2.45) is 5.92 Å². The average molecular weight is 234 g/mol. The molecule has 0 saturated carbocycles. The van der Waals surface area contributed by atoms with Gasteiger partial charge in [-0.3, -0.25) is 0 Å².